The third-order valence-electron chi connectivity index (χ3n) is 9.15. The van der Waals surface area contributed by atoms with Crippen molar-refractivity contribution in [2.75, 3.05) is 6.54 Å². The zero-order valence-corrected chi connectivity index (χ0v) is 25.5. The Morgan fingerprint density at radius 3 is 2.53 bits per heavy atom. The van der Waals surface area contributed by atoms with Gasteiger partial charge in [-0.15, -0.1) is 0 Å². The highest BCUT2D eigenvalue weighted by Gasteiger charge is 2.40. The first-order valence-corrected chi connectivity index (χ1v) is 15.5. The van der Waals surface area contributed by atoms with E-state index in [0.717, 1.165) is 54.9 Å². The smallest absolute Gasteiger partial charge is 0.435 e. The molecule has 2 heterocycles. The van der Waals surface area contributed by atoms with Gasteiger partial charge in [0.1, 0.15) is 5.60 Å². The zero-order valence-electron chi connectivity index (χ0n) is 25.5. The molecule has 0 radical (unpaired) electrons. The number of fused-ring (bicyclic) bond motifs is 1. The lowest BCUT2D eigenvalue weighted by molar-refractivity contribution is 0.0441. The maximum atomic E-state index is 14.2. The first-order valence-electron chi connectivity index (χ1n) is 15.5. The highest BCUT2D eigenvalue weighted by atomic mass is 16.6. The van der Waals surface area contributed by atoms with E-state index in [-0.39, 0.29) is 31.1 Å². The largest absolute Gasteiger partial charge is 0.442 e. The summed E-state index contributed by atoms with van der Waals surface area (Å²) in [6.45, 7) is 6.44. The highest BCUT2D eigenvalue weighted by Crippen LogP contribution is 2.36. The number of carbonyl (C=O) groups is 2. The lowest BCUT2D eigenvalue weighted by Crippen LogP contribution is -2.45. The Kier molecular flexibility index (Phi) is 9.32. The Morgan fingerprint density at radius 2 is 1.84 bits per heavy atom. The van der Waals surface area contributed by atoms with E-state index in [0.29, 0.717) is 24.3 Å². The maximum Gasteiger partial charge on any atom is 0.435 e. The van der Waals surface area contributed by atoms with Crippen LogP contribution in [0.1, 0.15) is 105 Å². The van der Waals surface area contributed by atoms with E-state index in [1.165, 1.54) is 36.8 Å². The number of hydrogen-bond acceptors (Lipinski definition) is 6. The van der Waals surface area contributed by atoms with Gasteiger partial charge in [0.05, 0.1) is 24.3 Å². The molecular formula is C30H42N10O3. The molecule has 43 heavy (non-hydrogen) atoms. The van der Waals surface area contributed by atoms with Crippen LogP contribution >= 0.6 is 0 Å². The molecule has 0 bridgehead atoms. The Bertz CT molecular complexity index is 1440. The summed E-state index contributed by atoms with van der Waals surface area (Å²) < 4.78 is 8.94. The van der Waals surface area contributed by atoms with E-state index in [2.05, 4.69) is 34.6 Å². The third kappa shape index (κ3) is 7.17. The van der Waals surface area contributed by atoms with Crippen molar-refractivity contribution in [3.05, 3.63) is 61.4 Å². The minimum atomic E-state index is -0.963. The Hall–Kier alpha value is -3.95. The number of ether oxygens (including phenoxy) is 1. The fourth-order valence-corrected chi connectivity index (χ4v) is 6.72. The molecule has 13 heteroatoms. The van der Waals surface area contributed by atoms with Crippen LogP contribution in [-0.4, -0.2) is 55.5 Å². The van der Waals surface area contributed by atoms with Crippen molar-refractivity contribution in [3.63, 3.8) is 0 Å². The van der Waals surface area contributed by atoms with Crippen LogP contribution in [0.3, 0.4) is 0 Å². The van der Waals surface area contributed by atoms with Gasteiger partial charge in [0.25, 0.3) is 5.91 Å². The molecule has 0 spiro atoms. The van der Waals surface area contributed by atoms with Crippen molar-refractivity contribution < 1.29 is 14.3 Å². The minimum Gasteiger partial charge on any atom is -0.442 e. The molecule has 2 aromatic heterocycles. The Balaban J connectivity index is 1.33. The minimum absolute atomic E-state index is 0.00635. The Morgan fingerprint density at radius 1 is 1.09 bits per heavy atom. The van der Waals surface area contributed by atoms with Gasteiger partial charge in [0, 0.05) is 46.0 Å². The van der Waals surface area contributed by atoms with Gasteiger partial charge >= 0.3 is 6.09 Å². The van der Waals surface area contributed by atoms with E-state index in [4.69, 9.17) is 15.8 Å². The summed E-state index contributed by atoms with van der Waals surface area (Å²) in [7, 11) is 0. The molecule has 0 aromatic carbocycles. The molecule has 0 N–H and O–H groups in total. The number of aryl methyl sites for hydroxylation is 1. The summed E-state index contributed by atoms with van der Waals surface area (Å²) >= 11 is 0. The molecule has 0 aliphatic heterocycles. The number of azide groups is 2. The fourth-order valence-electron chi connectivity index (χ4n) is 6.72. The normalized spacial score (nSPS) is 18.7. The summed E-state index contributed by atoms with van der Waals surface area (Å²) in [5.41, 5.74) is 20.9. The third-order valence-corrected chi connectivity index (χ3v) is 9.15. The van der Waals surface area contributed by atoms with E-state index in [1.54, 1.807) is 20.0 Å². The number of aromatic nitrogens is 3. The second-order valence-corrected chi connectivity index (χ2v) is 12.9. The van der Waals surface area contributed by atoms with Gasteiger partial charge in [0.2, 0.25) is 0 Å². The molecule has 13 nitrogen and oxygen atoms in total. The molecule has 1 unspecified atom stereocenters. The average molecular weight is 591 g/mol. The van der Waals surface area contributed by atoms with Crippen LogP contribution in [0, 0.1) is 12.8 Å². The van der Waals surface area contributed by atoms with Crippen molar-refractivity contribution >= 4 is 12.0 Å². The maximum absolute atomic E-state index is 14.2. The molecule has 2 fully saturated rings. The van der Waals surface area contributed by atoms with Crippen LogP contribution in [0.4, 0.5) is 4.79 Å². The van der Waals surface area contributed by atoms with Crippen LogP contribution in [-0.2, 0) is 30.7 Å². The van der Waals surface area contributed by atoms with Crippen LogP contribution in [0.25, 0.3) is 20.9 Å². The lowest BCUT2D eigenvalue weighted by Gasteiger charge is -2.34. The van der Waals surface area contributed by atoms with Gasteiger partial charge < -0.3 is 14.2 Å². The molecule has 2 aromatic rings. The number of rotatable bonds is 11. The highest BCUT2D eigenvalue weighted by molar-refractivity contribution is 5.96. The monoisotopic (exact) mass is 590 g/mol. The molecule has 3 aliphatic carbocycles. The average Bonchev–Trinajstić information content (AvgIpc) is 3.64. The predicted octanol–water partition coefficient (Wildman–Crippen LogP) is 7.01. The first kappa shape index (κ1) is 30.5. The van der Waals surface area contributed by atoms with Gasteiger partial charge in [0.15, 0.2) is 0 Å². The number of nitrogens with zero attached hydrogens (tertiary/aromatic N) is 10. The molecule has 3 aliphatic rings. The van der Waals surface area contributed by atoms with Crippen LogP contribution in [0.15, 0.2) is 22.5 Å². The SMILES string of the molecule is Cc1c(C(=O)N(C2CC2)C2CCc3nn(C(=O)OC(C)(C)CN=[N+]=[N-])cc3C2)cc(CN=[N+]=[N-])n1CCC1CCCCC1. The van der Waals surface area contributed by atoms with E-state index in [9.17, 15) is 9.59 Å². The lowest BCUT2D eigenvalue weighted by atomic mass is 9.87. The van der Waals surface area contributed by atoms with Gasteiger partial charge in [-0.05, 0) is 87.9 Å². The van der Waals surface area contributed by atoms with Crippen molar-refractivity contribution in [3.8, 4) is 0 Å². The summed E-state index contributed by atoms with van der Waals surface area (Å²) in [6, 6.07) is 2.13. The summed E-state index contributed by atoms with van der Waals surface area (Å²) in [6.07, 6.45) is 12.6. The molecule has 0 saturated heterocycles. The van der Waals surface area contributed by atoms with E-state index in [1.807, 2.05) is 13.0 Å². The van der Waals surface area contributed by atoms with Crippen molar-refractivity contribution in [1.82, 2.24) is 19.2 Å². The van der Waals surface area contributed by atoms with Crippen molar-refractivity contribution in [2.45, 2.75) is 122 Å². The summed E-state index contributed by atoms with van der Waals surface area (Å²) in [4.78, 5) is 34.8. The Labute approximate surface area is 251 Å². The predicted molar refractivity (Wildman–Crippen MR) is 160 cm³/mol. The quantitative estimate of drug-likeness (QED) is 0.156. The molecular weight excluding hydrogens is 548 g/mol. The van der Waals surface area contributed by atoms with Crippen molar-refractivity contribution in [1.29, 1.82) is 0 Å². The van der Waals surface area contributed by atoms with Gasteiger partial charge in [-0.25, -0.2) is 4.79 Å². The van der Waals surface area contributed by atoms with Gasteiger partial charge in [-0.1, -0.05) is 42.3 Å². The molecule has 230 valence electrons. The number of hydrogen-bond donors (Lipinski definition) is 0. The standard InChI is InChI=1S/C30H42N10O3/c1-20-26(16-25(17-33-36-31)38(20)14-13-21-7-5-4-6-8-21)28(41)40(23-9-10-23)24-11-12-27-22(15-24)18-39(35-27)29(42)43-30(2,3)19-34-37-32/h16,18,21,23-24H,4-15,17,19H2,1-3H3. The fraction of sp³-hybridized carbons (Fsp3) is 0.700. The first-order chi connectivity index (χ1) is 20.7. The number of amides is 1. The molecule has 1 atom stereocenters. The second-order valence-electron chi connectivity index (χ2n) is 12.9. The molecule has 2 saturated carbocycles. The molecule has 5 rings (SSSR count). The van der Waals surface area contributed by atoms with Crippen LogP contribution in [0.2, 0.25) is 0 Å². The van der Waals surface area contributed by atoms with Gasteiger partial charge in [-0.3, -0.25) is 4.79 Å². The second kappa shape index (κ2) is 13.1. The summed E-state index contributed by atoms with van der Waals surface area (Å²) in [5.74, 6) is 0.732. The summed E-state index contributed by atoms with van der Waals surface area (Å²) in [5, 5.41) is 11.8. The van der Waals surface area contributed by atoms with Crippen LogP contribution in [0.5, 0.6) is 0 Å². The van der Waals surface area contributed by atoms with Crippen LogP contribution < -0.4 is 0 Å². The van der Waals surface area contributed by atoms with E-state index >= 15 is 0 Å². The van der Waals surface area contributed by atoms with Crippen molar-refractivity contribution in [2.24, 2.45) is 16.1 Å². The topological polar surface area (TPSA) is 167 Å². The van der Waals surface area contributed by atoms with E-state index < -0.39 is 11.7 Å². The number of carbonyl (C=O) groups excluding carboxylic acids is 2. The zero-order chi connectivity index (χ0) is 30.6. The molecule has 1 amide bonds. The van der Waals surface area contributed by atoms with Gasteiger partial charge in [-0.2, -0.15) is 9.78 Å².